The van der Waals surface area contributed by atoms with Gasteiger partial charge in [-0.25, -0.2) is 8.42 Å². The van der Waals surface area contributed by atoms with E-state index in [1.807, 2.05) is 6.07 Å². The Labute approximate surface area is 137 Å². The van der Waals surface area contributed by atoms with Crippen LogP contribution in [0, 0.1) is 11.3 Å². The van der Waals surface area contributed by atoms with Gasteiger partial charge in [0.1, 0.15) is 6.07 Å². The van der Waals surface area contributed by atoms with E-state index < -0.39 is 10.0 Å². The van der Waals surface area contributed by atoms with Gasteiger partial charge in [-0.2, -0.15) is 5.26 Å². The average molecular weight is 335 g/mol. The first-order valence-electron chi connectivity index (χ1n) is 7.68. The highest BCUT2D eigenvalue weighted by Crippen LogP contribution is 2.22. The van der Waals surface area contributed by atoms with Crippen molar-refractivity contribution in [1.29, 1.82) is 5.26 Å². The molecule has 0 aromatic heterocycles. The van der Waals surface area contributed by atoms with Crippen LogP contribution in [-0.4, -0.2) is 33.2 Å². The van der Waals surface area contributed by atoms with Gasteiger partial charge >= 0.3 is 0 Å². The minimum Gasteiger partial charge on any atom is -0.353 e. The van der Waals surface area contributed by atoms with Crippen LogP contribution >= 0.6 is 0 Å². The third kappa shape index (κ3) is 4.70. The van der Waals surface area contributed by atoms with E-state index in [-0.39, 0.29) is 30.5 Å². The Kier molecular flexibility index (Phi) is 5.61. The molecule has 0 bridgehead atoms. The van der Waals surface area contributed by atoms with Crippen molar-refractivity contribution in [2.75, 3.05) is 17.1 Å². The van der Waals surface area contributed by atoms with Crippen LogP contribution in [0.5, 0.6) is 0 Å². The number of hydrogen-bond acceptors (Lipinski definition) is 4. The van der Waals surface area contributed by atoms with Crippen molar-refractivity contribution in [3.8, 4) is 6.07 Å². The molecule has 0 saturated heterocycles. The van der Waals surface area contributed by atoms with Gasteiger partial charge in [-0.05, 0) is 25.0 Å². The lowest BCUT2D eigenvalue weighted by Gasteiger charge is -2.23. The minimum atomic E-state index is -3.57. The number of sulfonamides is 1. The van der Waals surface area contributed by atoms with Gasteiger partial charge in [0.05, 0.1) is 17.5 Å². The molecule has 1 saturated carbocycles. The monoisotopic (exact) mass is 335 g/mol. The molecule has 2 rings (SSSR count). The van der Waals surface area contributed by atoms with Gasteiger partial charge in [0.2, 0.25) is 15.9 Å². The van der Waals surface area contributed by atoms with Crippen molar-refractivity contribution >= 4 is 21.6 Å². The molecule has 23 heavy (non-hydrogen) atoms. The summed E-state index contributed by atoms with van der Waals surface area (Å²) in [6, 6.07) is 8.69. The number of carbonyl (C=O) groups excluding carboxylic acids is 1. The van der Waals surface area contributed by atoms with E-state index in [9.17, 15) is 13.2 Å². The molecule has 6 nitrogen and oxygen atoms in total. The minimum absolute atomic E-state index is 0.0239. The van der Waals surface area contributed by atoms with Crippen LogP contribution in [0.25, 0.3) is 0 Å². The van der Waals surface area contributed by atoms with E-state index in [2.05, 4.69) is 5.32 Å². The van der Waals surface area contributed by atoms with Crippen molar-refractivity contribution in [3.05, 3.63) is 29.8 Å². The Morgan fingerprint density at radius 3 is 2.61 bits per heavy atom. The Balaban J connectivity index is 2.08. The summed E-state index contributed by atoms with van der Waals surface area (Å²) < 4.78 is 25.2. The molecule has 1 aromatic rings. The number of para-hydroxylation sites is 1. The number of rotatable bonds is 6. The largest absolute Gasteiger partial charge is 0.353 e. The molecule has 1 fully saturated rings. The van der Waals surface area contributed by atoms with Crippen LogP contribution in [-0.2, 0) is 14.8 Å². The van der Waals surface area contributed by atoms with E-state index in [1.54, 1.807) is 24.3 Å². The highest BCUT2D eigenvalue weighted by atomic mass is 32.2. The third-order valence-corrected chi connectivity index (χ3v) is 5.14. The Hall–Kier alpha value is -2.07. The zero-order valence-electron chi connectivity index (χ0n) is 13.2. The summed E-state index contributed by atoms with van der Waals surface area (Å²) in [7, 11) is -3.57. The molecule has 1 aromatic carbocycles. The van der Waals surface area contributed by atoms with Crippen molar-refractivity contribution in [1.82, 2.24) is 5.32 Å². The van der Waals surface area contributed by atoms with Gasteiger partial charge in [0, 0.05) is 19.0 Å². The van der Waals surface area contributed by atoms with E-state index >= 15 is 0 Å². The maximum atomic E-state index is 12.0. The topological polar surface area (TPSA) is 90.3 Å². The second-order valence-corrected chi connectivity index (χ2v) is 7.67. The second kappa shape index (κ2) is 7.47. The Bertz CT molecular complexity index is 704. The van der Waals surface area contributed by atoms with Crippen molar-refractivity contribution in [2.24, 2.45) is 0 Å². The molecule has 0 spiro atoms. The van der Waals surface area contributed by atoms with Crippen LogP contribution in [0.1, 0.15) is 37.7 Å². The first kappa shape index (κ1) is 17.3. The summed E-state index contributed by atoms with van der Waals surface area (Å²) in [5.41, 5.74) is 0.584. The molecule has 1 aliphatic rings. The molecule has 1 amide bonds. The van der Waals surface area contributed by atoms with Crippen LogP contribution in [0.3, 0.4) is 0 Å². The first-order chi connectivity index (χ1) is 10.9. The van der Waals surface area contributed by atoms with Crippen LogP contribution in [0.15, 0.2) is 24.3 Å². The molecule has 0 atom stereocenters. The smallest absolute Gasteiger partial charge is 0.232 e. The summed E-state index contributed by atoms with van der Waals surface area (Å²) in [6.45, 7) is 0.0239. The summed E-state index contributed by atoms with van der Waals surface area (Å²) in [5.74, 6) is -0.153. The van der Waals surface area contributed by atoms with Crippen LogP contribution in [0.2, 0.25) is 0 Å². The molecule has 1 aliphatic carbocycles. The molecule has 124 valence electrons. The normalized spacial score (nSPS) is 15.1. The number of carbonyl (C=O) groups is 1. The predicted octanol–water partition coefficient (Wildman–Crippen LogP) is 1.77. The quantitative estimate of drug-likeness (QED) is 0.858. The zero-order chi connectivity index (χ0) is 16.9. The Morgan fingerprint density at radius 2 is 2.00 bits per heavy atom. The van der Waals surface area contributed by atoms with E-state index in [1.165, 1.54) is 0 Å². The SMILES string of the molecule is CS(=O)(=O)N(CCC(=O)NC1CCCC1)c1ccccc1C#N. The zero-order valence-corrected chi connectivity index (χ0v) is 14.0. The van der Waals surface area contributed by atoms with Gasteiger partial charge in [0.25, 0.3) is 0 Å². The summed E-state index contributed by atoms with van der Waals surface area (Å²) in [5, 5.41) is 12.1. The Morgan fingerprint density at radius 1 is 1.35 bits per heavy atom. The highest BCUT2D eigenvalue weighted by Gasteiger charge is 2.22. The average Bonchev–Trinajstić information content (AvgIpc) is 2.99. The standard InChI is InChI=1S/C16H21N3O3S/c1-23(21,22)19(15-9-5-2-6-13(15)12-17)11-10-16(20)18-14-7-3-4-8-14/h2,5-6,9,14H,3-4,7-8,10-11H2,1H3,(H,18,20). The molecule has 0 aliphatic heterocycles. The fourth-order valence-corrected chi connectivity index (χ4v) is 3.76. The molecule has 0 unspecified atom stereocenters. The maximum absolute atomic E-state index is 12.0. The first-order valence-corrected chi connectivity index (χ1v) is 9.53. The number of benzene rings is 1. The van der Waals surface area contributed by atoms with Gasteiger partial charge in [-0.15, -0.1) is 0 Å². The fraction of sp³-hybridized carbons (Fsp3) is 0.500. The van der Waals surface area contributed by atoms with Crippen molar-refractivity contribution < 1.29 is 13.2 Å². The molecule has 1 N–H and O–H groups in total. The molecular weight excluding hydrogens is 314 g/mol. The maximum Gasteiger partial charge on any atom is 0.232 e. The summed E-state index contributed by atoms with van der Waals surface area (Å²) in [4.78, 5) is 12.0. The predicted molar refractivity (Wildman–Crippen MR) is 88.4 cm³/mol. The summed E-state index contributed by atoms with van der Waals surface area (Å²) >= 11 is 0. The molecule has 0 heterocycles. The van der Waals surface area contributed by atoms with Crippen LogP contribution in [0.4, 0.5) is 5.69 Å². The molecule has 7 heteroatoms. The van der Waals surface area contributed by atoms with Gasteiger partial charge < -0.3 is 5.32 Å². The summed E-state index contributed by atoms with van der Waals surface area (Å²) in [6.07, 6.45) is 5.36. The van der Waals surface area contributed by atoms with E-state index in [4.69, 9.17) is 5.26 Å². The van der Waals surface area contributed by atoms with E-state index in [0.717, 1.165) is 36.2 Å². The van der Waals surface area contributed by atoms with E-state index in [0.29, 0.717) is 5.69 Å². The van der Waals surface area contributed by atoms with Crippen molar-refractivity contribution in [2.45, 2.75) is 38.1 Å². The van der Waals surface area contributed by atoms with Crippen LogP contribution < -0.4 is 9.62 Å². The lowest BCUT2D eigenvalue weighted by molar-refractivity contribution is -0.121. The lowest BCUT2D eigenvalue weighted by atomic mass is 10.2. The number of amides is 1. The fourth-order valence-electron chi connectivity index (χ4n) is 2.82. The molecular formula is C16H21N3O3S. The number of anilines is 1. The lowest BCUT2D eigenvalue weighted by Crippen LogP contribution is -2.37. The van der Waals surface area contributed by atoms with Crippen molar-refractivity contribution in [3.63, 3.8) is 0 Å². The number of nitriles is 1. The molecule has 0 radical (unpaired) electrons. The van der Waals surface area contributed by atoms with Gasteiger partial charge in [0.15, 0.2) is 0 Å². The van der Waals surface area contributed by atoms with Gasteiger partial charge in [-0.1, -0.05) is 25.0 Å². The second-order valence-electron chi connectivity index (χ2n) is 5.76. The van der Waals surface area contributed by atoms with Gasteiger partial charge in [-0.3, -0.25) is 9.10 Å². The third-order valence-electron chi connectivity index (χ3n) is 3.96. The number of nitrogens with one attached hydrogen (secondary N) is 1. The number of nitrogens with zero attached hydrogens (tertiary/aromatic N) is 2. The number of hydrogen-bond donors (Lipinski definition) is 1. The highest BCUT2D eigenvalue weighted by molar-refractivity contribution is 7.92.